The first-order chi connectivity index (χ1) is 24.3. The summed E-state index contributed by atoms with van der Waals surface area (Å²) in [4.78, 5) is 10.3. The summed E-state index contributed by atoms with van der Waals surface area (Å²) in [5.74, 6) is 0.721. The second kappa shape index (κ2) is 10.3. The molecule has 0 atom stereocenters. The predicted octanol–water partition coefficient (Wildman–Crippen LogP) is 12.8. The molecule has 0 bridgehead atoms. The third-order valence-corrected chi connectivity index (χ3v) is 12.1. The largest absolute Gasteiger partial charge is 0.308 e. The summed E-state index contributed by atoms with van der Waals surface area (Å²) in [6, 6.07) is 54.2. The van der Waals surface area contributed by atoms with Gasteiger partial charge >= 0.3 is 0 Å². The van der Waals surface area contributed by atoms with Gasteiger partial charge in [-0.15, -0.1) is 22.7 Å². The minimum atomic E-state index is 0.721. The molecule has 4 heterocycles. The van der Waals surface area contributed by atoms with Crippen molar-refractivity contribution in [2.75, 3.05) is 0 Å². The Morgan fingerprint density at radius 2 is 1.04 bits per heavy atom. The van der Waals surface area contributed by atoms with Crippen LogP contribution in [0.2, 0.25) is 0 Å². The van der Waals surface area contributed by atoms with Crippen molar-refractivity contribution in [1.29, 1.82) is 0 Å². The first-order valence-corrected chi connectivity index (χ1v) is 18.1. The van der Waals surface area contributed by atoms with Gasteiger partial charge in [0.1, 0.15) is 0 Å². The number of hydrogen-bond donors (Lipinski definition) is 0. The van der Waals surface area contributed by atoms with Gasteiger partial charge in [0.05, 0.1) is 22.2 Å². The molecule has 11 rings (SSSR count). The quantitative estimate of drug-likeness (QED) is 0.189. The molecule has 0 unspecified atom stereocenters. The standard InChI is InChI=1S/C44H25N3S2/c1-2-13-26(14-3-1)40-29-17-4-8-21-33(29)45-44(46-40)27-15-12-16-28(25-27)47-34-22-9-5-18-30(34)37-41(47)38-31-19-6-10-23-35(31)48-43(38)39-32-20-7-11-24-36(32)49-42(37)39/h1-25H. The van der Waals surface area contributed by atoms with Gasteiger partial charge in [0.15, 0.2) is 5.82 Å². The Labute approximate surface area is 289 Å². The summed E-state index contributed by atoms with van der Waals surface area (Å²) in [5.41, 5.74) is 7.50. The molecule has 0 saturated carbocycles. The Hall–Kier alpha value is -5.88. The van der Waals surface area contributed by atoms with E-state index in [1.54, 1.807) is 0 Å². The Morgan fingerprint density at radius 1 is 0.449 bits per heavy atom. The van der Waals surface area contributed by atoms with Gasteiger partial charge in [-0.1, -0.05) is 115 Å². The van der Waals surface area contributed by atoms with Crippen molar-refractivity contribution in [3.05, 3.63) is 152 Å². The Bertz CT molecular complexity index is 3080. The van der Waals surface area contributed by atoms with Crippen molar-refractivity contribution in [3.8, 4) is 28.3 Å². The van der Waals surface area contributed by atoms with Gasteiger partial charge in [0.2, 0.25) is 0 Å². The topological polar surface area (TPSA) is 30.7 Å². The Kier molecular flexibility index (Phi) is 5.70. The van der Waals surface area contributed by atoms with Crippen LogP contribution in [0, 0.1) is 0 Å². The monoisotopic (exact) mass is 659 g/mol. The lowest BCUT2D eigenvalue weighted by Crippen LogP contribution is -1.98. The van der Waals surface area contributed by atoms with Crippen LogP contribution < -0.4 is 0 Å². The molecule has 0 aliphatic rings. The van der Waals surface area contributed by atoms with Gasteiger partial charge in [0.25, 0.3) is 0 Å². The number of hydrogen-bond acceptors (Lipinski definition) is 4. The Morgan fingerprint density at radius 3 is 1.82 bits per heavy atom. The molecule has 11 aromatic rings. The second-order valence-corrected chi connectivity index (χ2v) is 14.6. The maximum absolute atomic E-state index is 5.22. The van der Waals surface area contributed by atoms with Crippen LogP contribution in [0.15, 0.2) is 152 Å². The normalized spacial score (nSPS) is 12.1. The van der Waals surface area contributed by atoms with Gasteiger partial charge in [-0.25, -0.2) is 9.97 Å². The number of benzene rings is 7. The summed E-state index contributed by atoms with van der Waals surface area (Å²) >= 11 is 3.83. The number of nitrogens with zero attached hydrogens (tertiary/aromatic N) is 3. The number of aromatic nitrogens is 3. The van der Waals surface area contributed by atoms with E-state index < -0.39 is 0 Å². The maximum atomic E-state index is 5.22. The van der Waals surface area contributed by atoms with E-state index >= 15 is 0 Å². The van der Waals surface area contributed by atoms with Crippen LogP contribution in [0.4, 0.5) is 0 Å². The fourth-order valence-corrected chi connectivity index (χ4v) is 10.3. The number of fused-ring (bicyclic) bond motifs is 13. The molecular formula is C44H25N3S2. The van der Waals surface area contributed by atoms with Gasteiger partial charge < -0.3 is 4.57 Å². The molecule has 0 saturated heterocycles. The van der Waals surface area contributed by atoms with Crippen LogP contribution in [0.1, 0.15) is 0 Å². The molecule has 0 spiro atoms. The zero-order valence-corrected chi connectivity index (χ0v) is 27.7. The van der Waals surface area contributed by atoms with Crippen molar-refractivity contribution in [2.45, 2.75) is 0 Å². The zero-order valence-electron chi connectivity index (χ0n) is 26.1. The Balaban J connectivity index is 1.26. The first kappa shape index (κ1) is 27.1. The van der Waals surface area contributed by atoms with Crippen molar-refractivity contribution >= 4 is 95.7 Å². The van der Waals surface area contributed by atoms with Gasteiger partial charge in [-0.05, 0) is 36.4 Å². The SMILES string of the molecule is c1ccc(-c2nc(-c3cccc(-n4c5ccccc5c5c6sc7ccccc7c6c6sc7ccccc7c6c54)c3)nc3ccccc23)cc1. The van der Waals surface area contributed by atoms with Crippen LogP contribution in [0.3, 0.4) is 0 Å². The lowest BCUT2D eigenvalue weighted by atomic mass is 10.0. The van der Waals surface area contributed by atoms with Crippen molar-refractivity contribution in [2.24, 2.45) is 0 Å². The molecule has 5 heteroatoms. The lowest BCUT2D eigenvalue weighted by Gasteiger charge is -2.13. The van der Waals surface area contributed by atoms with Crippen molar-refractivity contribution in [3.63, 3.8) is 0 Å². The fourth-order valence-electron chi connectivity index (χ4n) is 7.68. The first-order valence-electron chi connectivity index (χ1n) is 16.4. The molecule has 0 N–H and O–H groups in total. The van der Waals surface area contributed by atoms with Crippen LogP contribution in [0.25, 0.3) is 101 Å². The molecular weight excluding hydrogens is 635 g/mol. The zero-order chi connectivity index (χ0) is 32.1. The molecule has 3 nitrogen and oxygen atoms in total. The van der Waals surface area contributed by atoms with E-state index in [1.807, 2.05) is 34.8 Å². The van der Waals surface area contributed by atoms with E-state index in [9.17, 15) is 0 Å². The highest BCUT2D eigenvalue weighted by Gasteiger charge is 2.24. The average molecular weight is 660 g/mol. The summed E-state index contributed by atoms with van der Waals surface area (Å²) < 4.78 is 7.83. The van der Waals surface area contributed by atoms with E-state index in [-0.39, 0.29) is 0 Å². The number of thiophene rings is 2. The maximum Gasteiger partial charge on any atom is 0.160 e. The summed E-state index contributed by atoms with van der Waals surface area (Å²) in [6.07, 6.45) is 0. The molecule has 0 amide bonds. The van der Waals surface area contributed by atoms with E-state index in [2.05, 4.69) is 144 Å². The average Bonchev–Trinajstić information content (AvgIpc) is 3.84. The lowest BCUT2D eigenvalue weighted by molar-refractivity contribution is 1.18. The van der Waals surface area contributed by atoms with Crippen molar-refractivity contribution < 1.29 is 0 Å². The van der Waals surface area contributed by atoms with Crippen LogP contribution in [-0.2, 0) is 0 Å². The van der Waals surface area contributed by atoms with Crippen LogP contribution in [0.5, 0.6) is 0 Å². The van der Waals surface area contributed by atoms with E-state index in [1.165, 1.54) is 62.2 Å². The molecule has 49 heavy (non-hydrogen) atoms. The highest BCUT2D eigenvalue weighted by molar-refractivity contribution is 7.30. The number of para-hydroxylation sites is 2. The molecule has 228 valence electrons. The third kappa shape index (κ3) is 3.88. The molecule has 0 aliphatic carbocycles. The fraction of sp³-hybridized carbons (Fsp3) is 0. The highest BCUT2D eigenvalue weighted by Crippen LogP contribution is 2.52. The smallest absolute Gasteiger partial charge is 0.160 e. The van der Waals surface area contributed by atoms with Crippen molar-refractivity contribution in [1.82, 2.24) is 14.5 Å². The van der Waals surface area contributed by atoms with Gasteiger partial charge in [0, 0.05) is 73.3 Å². The molecule has 0 radical (unpaired) electrons. The van der Waals surface area contributed by atoms with Gasteiger partial charge in [-0.2, -0.15) is 0 Å². The van der Waals surface area contributed by atoms with E-state index in [0.717, 1.165) is 39.2 Å². The third-order valence-electron chi connectivity index (χ3n) is 9.77. The molecule has 4 aromatic heterocycles. The summed E-state index contributed by atoms with van der Waals surface area (Å²) in [6.45, 7) is 0. The number of rotatable bonds is 3. The summed E-state index contributed by atoms with van der Waals surface area (Å²) in [7, 11) is 0. The van der Waals surface area contributed by atoms with E-state index in [0.29, 0.717) is 0 Å². The van der Waals surface area contributed by atoms with Crippen LogP contribution >= 0.6 is 22.7 Å². The van der Waals surface area contributed by atoms with Crippen LogP contribution in [-0.4, -0.2) is 14.5 Å². The molecule has 0 aliphatic heterocycles. The predicted molar refractivity (Wildman–Crippen MR) is 211 cm³/mol. The minimum Gasteiger partial charge on any atom is -0.308 e. The van der Waals surface area contributed by atoms with Gasteiger partial charge in [-0.3, -0.25) is 0 Å². The highest BCUT2D eigenvalue weighted by atomic mass is 32.1. The van der Waals surface area contributed by atoms with E-state index in [4.69, 9.17) is 9.97 Å². The minimum absolute atomic E-state index is 0.721. The second-order valence-electron chi connectivity index (χ2n) is 12.5. The molecule has 7 aromatic carbocycles. The summed E-state index contributed by atoms with van der Waals surface area (Å²) in [5, 5.41) is 8.97. The molecule has 0 fully saturated rings.